The molecule has 150 valence electrons. The van der Waals surface area contributed by atoms with Crippen molar-refractivity contribution in [2.75, 3.05) is 23.7 Å². The van der Waals surface area contributed by atoms with Crippen LogP contribution in [0.25, 0.3) is 0 Å². The van der Waals surface area contributed by atoms with Gasteiger partial charge in [0.2, 0.25) is 5.91 Å². The van der Waals surface area contributed by atoms with E-state index in [9.17, 15) is 9.18 Å². The Morgan fingerprint density at radius 2 is 1.93 bits per heavy atom. The number of nitrogens with one attached hydrogen (secondary N) is 1. The van der Waals surface area contributed by atoms with Crippen molar-refractivity contribution in [3.63, 3.8) is 0 Å². The molecule has 0 aliphatic carbocycles. The first-order valence-electron chi connectivity index (χ1n) is 9.97. The SMILES string of the molecule is C[C@H]1CCCN(c2ccc([C@@H](C)NC(=O)CSCc3ccc(F)cc3)cc2)C1. The lowest BCUT2D eigenvalue weighted by atomic mass is 9.99. The highest BCUT2D eigenvalue weighted by Gasteiger charge is 2.17. The summed E-state index contributed by atoms with van der Waals surface area (Å²) in [6.45, 7) is 6.57. The third-order valence-electron chi connectivity index (χ3n) is 5.21. The van der Waals surface area contributed by atoms with E-state index < -0.39 is 0 Å². The number of rotatable bonds is 7. The molecule has 0 unspecified atom stereocenters. The number of halogens is 1. The van der Waals surface area contributed by atoms with E-state index in [2.05, 4.69) is 41.4 Å². The Kier molecular flexibility index (Phi) is 7.37. The minimum Gasteiger partial charge on any atom is -0.371 e. The molecule has 0 aromatic heterocycles. The van der Waals surface area contributed by atoms with E-state index in [1.165, 1.54) is 42.4 Å². The number of benzene rings is 2. The van der Waals surface area contributed by atoms with Gasteiger partial charge in [-0.1, -0.05) is 31.2 Å². The van der Waals surface area contributed by atoms with Crippen LogP contribution >= 0.6 is 11.8 Å². The molecule has 1 aliphatic heterocycles. The van der Waals surface area contributed by atoms with Crippen molar-refractivity contribution in [2.24, 2.45) is 5.92 Å². The van der Waals surface area contributed by atoms with Crippen LogP contribution in [0.1, 0.15) is 43.9 Å². The molecule has 1 saturated heterocycles. The molecule has 0 radical (unpaired) electrons. The van der Waals surface area contributed by atoms with Gasteiger partial charge in [0.15, 0.2) is 0 Å². The van der Waals surface area contributed by atoms with Gasteiger partial charge in [0.25, 0.3) is 0 Å². The van der Waals surface area contributed by atoms with E-state index in [4.69, 9.17) is 0 Å². The second kappa shape index (κ2) is 9.97. The van der Waals surface area contributed by atoms with Crippen LogP contribution < -0.4 is 10.2 Å². The summed E-state index contributed by atoms with van der Waals surface area (Å²) >= 11 is 1.54. The number of amides is 1. The van der Waals surface area contributed by atoms with Gasteiger partial charge in [-0.25, -0.2) is 4.39 Å². The predicted molar refractivity (Wildman–Crippen MR) is 116 cm³/mol. The zero-order valence-corrected chi connectivity index (χ0v) is 17.5. The Bertz CT molecular complexity index is 763. The third-order valence-corrected chi connectivity index (χ3v) is 6.21. The van der Waals surface area contributed by atoms with Crippen LogP contribution in [0.3, 0.4) is 0 Å². The molecule has 1 aliphatic rings. The number of thioether (sulfide) groups is 1. The molecule has 5 heteroatoms. The lowest BCUT2D eigenvalue weighted by Crippen LogP contribution is -2.34. The standard InChI is InChI=1S/C23H29FN2OS/c1-17-4-3-13-26(14-17)22-11-7-20(8-12-22)18(2)25-23(27)16-28-15-19-5-9-21(24)10-6-19/h5-12,17-18H,3-4,13-16H2,1-2H3,(H,25,27)/t17-,18+/m0/s1. The summed E-state index contributed by atoms with van der Waals surface area (Å²) in [5.41, 5.74) is 3.41. The van der Waals surface area contributed by atoms with Crippen molar-refractivity contribution in [1.29, 1.82) is 0 Å². The van der Waals surface area contributed by atoms with Crippen LogP contribution in [0.5, 0.6) is 0 Å². The molecule has 1 fully saturated rings. The molecule has 0 spiro atoms. The molecule has 1 amide bonds. The van der Waals surface area contributed by atoms with E-state index in [-0.39, 0.29) is 17.8 Å². The van der Waals surface area contributed by atoms with Crippen molar-refractivity contribution in [3.8, 4) is 0 Å². The summed E-state index contributed by atoms with van der Waals surface area (Å²) in [7, 11) is 0. The normalized spacial score (nSPS) is 18.0. The summed E-state index contributed by atoms with van der Waals surface area (Å²) in [5, 5.41) is 3.06. The monoisotopic (exact) mass is 400 g/mol. The first kappa shape index (κ1) is 20.7. The first-order chi connectivity index (χ1) is 13.5. The van der Waals surface area contributed by atoms with Gasteiger partial charge in [0, 0.05) is 24.5 Å². The van der Waals surface area contributed by atoms with Gasteiger partial charge in [0.05, 0.1) is 11.8 Å². The Hall–Kier alpha value is -2.01. The van der Waals surface area contributed by atoms with Crippen LogP contribution in [-0.4, -0.2) is 24.7 Å². The molecule has 3 rings (SSSR count). The van der Waals surface area contributed by atoms with Crippen LogP contribution in [-0.2, 0) is 10.5 Å². The minimum atomic E-state index is -0.235. The predicted octanol–water partition coefficient (Wildman–Crippen LogP) is 5.17. The highest BCUT2D eigenvalue weighted by Crippen LogP contribution is 2.24. The molecular formula is C23H29FN2OS. The second-order valence-corrected chi connectivity index (χ2v) is 8.68. The van der Waals surface area contributed by atoms with Crippen molar-refractivity contribution < 1.29 is 9.18 Å². The van der Waals surface area contributed by atoms with E-state index in [1.807, 2.05) is 6.92 Å². The quantitative estimate of drug-likeness (QED) is 0.696. The van der Waals surface area contributed by atoms with Crippen LogP contribution in [0.15, 0.2) is 48.5 Å². The van der Waals surface area contributed by atoms with Crippen LogP contribution in [0.4, 0.5) is 10.1 Å². The molecule has 3 nitrogen and oxygen atoms in total. The molecule has 1 heterocycles. The zero-order chi connectivity index (χ0) is 19.9. The van der Waals surface area contributed by atoms with Crippen molar-refractivity contribution in [2.45, 2.75) is 38.5 Å². The van der Waals surface area contributed by atoms with Gasteiger partial charge >= 0.3 is 0 Å². The number of hydrogen-bond acceptors (Lipinski definition) is 3. The average Bonchev–Trinajstić information content (AvgIpc) is 2.69. The number of hydrogen-bond donors (Lipinski definition) is 1. The van der Waals surface area contributed by atoms with Crippen molar-refractivity contribution >= 4 is 23.4 Å². The summed E-state index contributed by atoms with van der Waals surface area (Å²) in [6, 6.07) is 15.0. The van der Waals surface area contributed by atoms with Crippen LogP contribution in [0.2, 0.25) is 0 Å². The summed E-state index contributed by atoms with van der Waals surface area (Å²) in [4.78, 5) is 14.7. The molecule has 0 saturated carbocycles. The minimum absolute atomic E-state index is 0.0201. The smallest absolute Gasteiger partial charge is 0.230 e. The Morgan fingerprint density at radius 3 is 2.61 bits per heavy atom. The van der Waals surface area contributed by atoms with Gasteiger partial charge in [-0.3, -0.25) is 4.79 Å². The fraction of sp³-hybridized carbons (Fsp3) is 0.435. The Morgan fingerprint density at radius 1 is 1.21 bits per heavy atom. The molecule has 1 N–H and O–H groups in total. The molecule has 2 aromatic carbocycles. The molecule has 0 bridgehead atoms. The van der Waals surface area contributed by atoms with E-state index >= 15 is 0 Å². The number of carbonyl (C=O) groups is 1. The van der Waals surface area contributed by atoms with Gasteiger partial charge in [-0.15, -0.1) is 11.8 Å². The Labute approximate surface area is 171 Å². The van der Waals surface area contributed by atoms with Gasteiger partial charge in [-0.2, -0.15) is 0 Å². The number of piperidine rings is 1. The van der Waals surface area contributed by atoms with E-state index in [1.54, 1.807) is 12.1 Å². The largest absolute Gasteiger partial charge is 0.371 e. The fourth-order valence-electron chi connectivity index (χ4n) is 3.61. The lowest BCUT2D eigenvalue weighted by Gasteiger charge is -2.33. The highest BCUT2D eigenvalue weighted by atomic mass is 32.2. The van der Waals surface area contributed by atoms with Crippen molar-refractivity contribution in [3.05, 3.63) is 65.5 Å². The molecule has 2 aromatic rings. The van der Waals surface area contributed by atoms with E-state index in [0.717, 1.165) is 30.1 Å². The third kappa shape index (κ3) is 5.99. The summed E-state index contributed by atoms with van der Waals surface area (Å²) in [6.07, 6.45) is 2.57. The van der Waals surface area contributed by atoms with Crippen molar-refractivity contribution in [1.82, 2.24) is 5.32 Å². The number of nitrogens with zero attached hydrogens (tertiary/aromatic N) is 1. The van der Waals surface area contributed by atoms with Gasteiger partial charge in [0.1, 0.15) is 5.82 Å². The number of carbonyl (C=O) groups excluding carboxylic acids is 1. The lowest BCUT2D eigenvalue weighted by molar-refractivity contribution is -0.119. The topological polar surface area (TPSA) is 32.3 Å². The average molecular weight is 401 g/mol. The zero-order valence-electron chi connectivity index (χ0n) is 16.7. The van der Waals surface area contributed by atoms with Gasteiger partial charge in [-0.05, 0) is 61.1 Å². The second-order valence-electron chi connectivity index (χ2n) is 7.69. The molecular weight excluding hydrogens is 371 g/mol. The van der Waals surface area contributed by atoms with Gasteiger partial charge < -0.3 is 10.2 Å². The Balaban J connectivity index is 1.45. The summed E-state index contributed by atoms with van der Waals surface area (Å²) in [5.74, 6) is 1.63. The maximum Gasteiger partial charge on any atom is 0.230 e. The maximum atomic E-state index is 12.9. The van der Waals surface area contributed by atoms with E-state index in [0.29, 0.717) is 11.5 Å². The molecule has 2 atom stereocenters. The maximum absolute atomic E-state index is 12.9. The summed E-state index contributed by atoms with van der Waals surface area (Å²) < 4.78 is 12.9. The van der Waals surface area contributed by atoms with Crippen LogP contribution in [0, 0.1) is 11.7 Å². The fourth-order valence-corrected chi connectivity index (χ4v) is 4.41. The number of anilines is 1. The highest BCUT2D eigenvalue weighted by molar-refractivity contribution is 7.99. The molecule has 28 heavy (non-hydrogen) atoms. The first-order valence-corrected chi connectivity index (χ1v) is 11.1.